The average molecular weight is 242 g/mol. The molecule has 1 rings (SSSR count). The molecule has 102 valence electrons. The molecule has 0 aromatic rings. The summed E-state index contributed by atoms with van der Waals surface area (Å²) in [6.45, 7) is 12.5. The Balaban J connectivity index is 2.14. The number of piperidine rings is 1. The average Bonchev–Trinajstić information content (AvgIpc) is 2.30. The van der Waals surface area contributed by atoms with Crippen molar-refractivity contribution in [1.29, 1.82) is 0 Å². The van der Waals surface area contributed by atoms with Gasteiger partial charge in [-0.1, -0.05) is 13.8 Å². The van der Waals surface area contributed by atoms with Crippen molar-refractivity contribution >= 4 is 0 Å². The van der Waals surface area contributed by atoms with Crippen LogP contribution in [0.25, 0.3) is 0 Å². The molecule has 0 aromatic heterocycles. The molecule has 1 atom stereocenters. The van der Waals surface area contributed by atoms with E-state index in [-0.39, 0.29) is 0 Å². The van der Waals surface area contributed by atoms with E-state index in [2.05, 4.69) is 31.0 Å². The Morgan fingerprint density at radius 2 is 1.82 bits per heavy atom. The molecule has 1 unspecified atom stereocenters. The van der Waals surface area contributed by atoms with Crippen molar-refractivity contribution in [3.63, 3.8) is 0 Å². The van der Waals surface area contributed by atoms with Crippen LogP contribution in [0.2, 0.25) is 0 Å². The molecule has 1 saturated heterocycles. The standard InChI is InChI=1S/C14H30N2O/c1-12(2)9-15-10-13(3)16-7-5-14(6-8-16)11-17-4/h12-15H,5-11H2,1-4H3. The van der Waals surface area contributed by atoms with Gasteiger partial charge in [0, 0.05) is 26.3 Å². The summed E-state index contributed by atoms with van der Waals surface area (Å²) in [6.07, 6.45) is 2.59. The fourth-order valence-corrected chi connectivity index (χ4v) is 2.51. The molecule has 1 heterocycles. The zero-order valence-electron chi connectivity index (χ0n) is 12.0. The molecular formula is C14H30N2O. The second-order valence-corrected chi connectivity index (χ2v) is 5.84. The highest BCUT2D eigenvalue weighted by atomic mass is 16.5. The van der Waals surface area contributed by atoms with Gasteiger partial charge in [0.2, 0.25) is 0 Å². The first-order chi connectivity index (χ1) is 8.13. The van der Waals surface area contributed by atoms with Crippen LogP contribution in [0.4, 0.5) is 0 Å². The molecule has 3 nitrogen and oxygen atoms in total. The zero-order valence-corrected chi connectivity index (χ0v) is 12.0. The fraction of sp³-hybridized carbons (Fsp3) is 1.00. The number of hydrogen-bond acceptors (Lipinski definition) is 3. The van der Waals surface area contributed by atoms with Crippen molar-refractivity contribution in [2.45, 2.75) is 39.7 Å². The van der Waals surface area contributed by atoms with Crippen molar-refractivity contribution in [1.82, 2.24) is 10.2 Å². The van der Waals surface area contributed by atoms with Gasteiger partial charge in [0.15, 0.2) is 0 Å². The monoisotopic (exact) mass is 242 g/mol. The molecule has 0 saturated carbocycles. The molecule has 0 radical (unpaired) electrons. The summed E-state index contributed by atoms with van der Waals surface area (Å²) in [5, 5.41) is 3.55. The van der Waals surface area contributed by atoms with Gasteiger partial charge in [0.1, 0.15) is 0 Å². The number of ether oxygens (including phenoxy) is 1. The minimum Gasteiger partial charge on any atom is -0.384 e. The molecule has 0 aromatic carbocycles. The zero-order chi connectivity index (χ0) is 12.7. The van der Waals surface area contributed by atoms with Crippen LogP contribution >= 0.6 is 0 Å². The van der Waals surface area contributed by atoms with E-state index in [0.717, 1.165) is 31.5 Å². The number of likely N-dealkylation sites (tertiary alicyclic amines) is 1. The number of nitrogens with zero attached hydrogens (tertiary/aromatic N) is 1. The van der Waals surface area contributed by atoms with E-state index in [0.29, 0.717) is 6.04 Å². The maximum absolute atomic E-state index is 5.24. The lowest BCUT2D eigenvalue weighted by molar-refractivity contribution is 0.0830. The van der Waals surface area contributed by atoms with Gasteiger partial charge in [-0.05, 0) is 51.2 Å². The van der Waals surface area contributed by atoms with Gasteiger partial charge in [0.25, 0.3) is 0 Å². The van der Waals surface area contributed by atoms with Crippen LogP contribution in [0.15, 0.2) is 0 Å². The SMILES string of the molecule is COCC1CCN(C(C)CNCC(C)C)CC1. The molecule has 0 bridgehead atoms. The second kappa shape index (κ2) is 8.06. The first-order valence-electron chi connectivity index (χ1n) is 7.07. The van der Waals surface area contributed by atoms with E-state index < -0.39 is 0 Å². The van der Waals surface area contributed by atoms with Gasteiger partial charge in [0.05, 0.1) is 0 Å². The quantitative estimate of drug-likeness (QED) is 0.739. The lowest BCUT2D eigenvalue weighted by Gasteiger charge is -2.36. The molecule has 3 heteroatoms. The third kappa shape index (κ3) is 5.84. The Hall–Kier alpha value is -0.120. The molecular weight excluding hydrogens is 212 g/mol. The molecule has 0 amide bonds. The Morgan fingerprint density at radius 3 is 2.35 bits per heavy atom. The van der Waals surface area contributed by atoms with Crippen LogP contribution < -0.4 is 5.32 Å². The Bertz CT molecular complexity index is 189. The summed E-state index contributed by atoms with van der Waals surface area (Å²) < 4.78 is 5.24. The van der Waals surface area contributed by atoms with Gasteiger partial charge >= 0.3 is 0 Å². The Kier molecular flexibility index (Phi) is 7.09. The number of nitrogens with one attached hydrogen (secondary N) is 1. The van der Waals surface area contributed by atoms with Crippen molar-refractivity contribution in [3.05, 3.63) is 0 Å². The number of methoxy groups -OCH3 is 1. The van der Waals surface area contributed by atoms with Crippen LogP contribution in [-0.2, 0) is 4.74 Å². The summed E-state index contributed by atoms with van der Waals surface area (Å²) in [7, 11) is 1.81. The van der Waals surface area contributed by atoms with E-state index >= 15 is 0 Å². The fourth-order valence-electron chi connectivity index (χ4n) is 2.51. The molecule has 1 fully saturated rings. The molecule has 1 aliphatic heterocycles. The largest absolute Gasteiger partial charge is 0.384 e. The Labute approximate surface area is 107 Å². The molecule has 1 N–H and O–H groups in total. The maximum atomic E-state index is 5.24. The highest BCUT2D eigenvalue weighted by Crippen LogP contribution is 2.18. The summed E-state index contributed by atoms with van der Waals surface area (Å²) in [5.74, 6) is 1.53. The first kappa shape index (κ1) is 14.9. The third-order valence-electron chi connectivity index (χ3n) is 3.67. The van der Waals surface area contributed by atoms with Crippen molar-refractivity contribution in [2.75, 3.05) is 39.9 Å². The predicted molar refractivity (Wildman–Crippen MR) is 73.3 cm³/mol. The van der Waals surface area contributed by atoms with E-state index in [9.17, 15) is 0 Å². The van der Waals surface area contributed by atoms with Crippen LogP contribution in [0.3, 0.4) is 0 Å². The Morgan fingerprint density at radius 1 is 1.18 bits per heavy atom. The number of hydrogen-bond donors (Lipinski definition) is 1. The number of rotatable bonds is 7. The lowest BCUT2D eigenvalue weighted by atomic mass is 9.97. The van der Waals surface area contributed by atoms with Crippen LogP contribution in [-0.4, -0.2) is 50.8 Å². The smallest absolute Gasteiger partial charge is 0.0491 e. The summed E-state index contributed by atoms with van der Waals surface area (Å²) in [5.41, 5.74) is 0. The van der Waals surface area contributed by atoms with E-state index in [1.807, 2.05) is 7.11 Å². The molecule has 17 heavy (non-hydrogen) atoms. The molecule has 0 spiro atoms. The van der Waals surface area contributed by atoms with Crippen LogP contribution in [0, 0.1) is 11.8 Å². The van der Waals surface area contributed by atoms with Gasteiger partial charge in [-0.3, -0.25) is 4.90 Å². The lowest BCUT2D eigenvalue weighted by Crippen LogP contribution is -2.45. The third-order valence-corrected chi connectivity index (χ3v) is 3.67. The highest BCUT2D eigenvalue weighted by molar-refractivity contribution is 4.77. The van der Waals surface area contributed by atoms with Crippen LogP contribution in [0.5, 0.6) is 0 Å². The van der Waals surface area contributed by atoms with Crippen molar-refractivity contribution < 1.29 is 4.74 Å². The van der Waals surface area contributed by atoms with E-state index in [1.165, 1.54) is 25.9 Å². The van der Waals surface area contributed by atoms with Crippen LogP contribution in [0.1, 0.15) is 33.6 Å². The topological polar surface area (TPSA) is 24.5 Å². The van der Waals surface area contributed by atoms with Crippen molar-refractivity contribution in [3.8, 4) is 0 Å². The predicted octanol–water partition coefficient (Wildman–Crippen LogP) is 1.98. The summed E-state index contributed by atoms with van der Waals surface area (Å²) >= 11 is 0. The second-order valence-electron chi connectivity index (χ2n) is 5.84. The maximum Gasteiger partial charge on any atom is 0.0491 e. The van der Waals surface area contributed by atoms with E-state index in [4.69, 9.17) is 4.74 Å². The minimum absolute atomic E-state index is 0.664. The molecule has 1 aliphatic rings. The van der Waals surface area contributed by atoms with Gasteiger partial charge in [-0.2, -0.15) is 0 Å². The highest BCUT2D eigenvalue weighted by Gasteiger charge is 2.22. The minimum atomic E-state index is 0.664. The van der Waals surface area contributed by atoms with Crippen molar-refractivity contribution in [2.24, 2.45) is 11.8 Å². The van der Waals surface area contributed by atoms with E-state index in [1.54, 1.807) is 0 Å². The summed E-state index contributed by atoms with van der Waals surface area (Å²) in [4.78, 5) is 2.61. The summed E-state index contributed by atoms with van der Waals surface area (Å²) in [6, 6.07) is 0.664. The first-order valence-corrected chi connectivity index (χ1v) is 7.07. The normalized spacial score (nSPS) is 21.0. The van der Waals surface area contributed by atoms with Gasteiger partial charge in [-0.15, -0.1) is 0 Å². The van der Waals surface area contributed by atoms with Gasteiger partial charge < -0.3 is 10.1 Å². The van der Waals surface area contributed by atoms with Gasteiger partial charge in [-0.25, -0.2) is 0 Å². The molecule has 0 aliphatic carbocycles.